The Balaban J connectivity index is 2.16. The molecule has 1 unspecified atom stereocenters. The topological polar surface area (TPSA) is 81.7 Å². The number of amides is 2. The normalized spacial score (nSPS) is 15.9. The molecule has 0 spiro atoms. The maximum atomic E-state index is 11.7. The van der Waals surface area contributed by atoms with Gasteiger partial charge in [-0.3, -0.25) is 4.79 Å². The summed E-state index contributed by atoms with van der Waals surface area (Å²) in [6.07, 6.45) is 2.94. The fraction of sp³-hybridized carbons (Fsp3) is 0.857. The van der Waals surface area contributed by atoms with Crippen molar-refractivity contribution in [3.8, 4) is 0 Å². The molecule has 0 aliphatic heterocycles. The first-order chi connectivity index (χ1) is 9.56. The van der Waals surface area contributed by atoms with Gasteiger partial charge in [-0.15, -0.1) is 0 Å². The number of rotatable bonds is 10. The number of nitrogens with one attached hydrogen (secondary N) is 2. The molecule has 1 rings (SSSR count). The van der Waals surface area contributed by atoms with Crippen molar-refractivity contribution in [2.24, 2.45) is 5.92 Å². The molecule has 6 nitrogen and oxygen atoms in total. The maximum absolute atomic E-state index is 11.7. The predicted molar refractivity (Wildman–Crippen MR) is 77.7 cm³/mol. The molecule has 1 aliphatic rings. The van der Waals surface area contributed by atoms with Crippen LogP contribution >= 0.6 is 0 Å². The third-order valence-corrected chi connectivity index (χ3v) is 3.73. The Morgan fingerprint density at radius 3 is 2.45 bits per heavy atom. The molecule has 1 atom stereocenters. The molecule has 0 aromatic carbocycles. The molecule has 1 aliphatic carbocycles. The summed E-state index contributed by atoms with van der Waals surface area (Å²) in [6.45, 7) is 7.86. The van der Waals surface area contributed by atoms with Gasteiger partial charge in [0.15, 0.2) is 0 Å². The van der Waals surface area contributed by atoms with Gasteiger partial charge in [-0.05, 0) is 44.8 Å². The van der Waals surface area contributed by atoms with Crippen LogP contribution in [0.4, 0.5) is 4.79 Å². The Morgan fingerprint density at radius 2 is 1.95 bits per heavy atom. The zero-order chi connectivity index (χ0) is 15.0. The molecule has 0 aromatic heterocycles. The molecule has 116 valence electrons. The molecule has 0 heterocycles. The predicted octanol–water partition coefficient (Wildman–Crippen LogP) is 1.27. The standard InChI is InChI=1S/C14H27N3O3/c1-3-17(4-2)9-5-8-15-14(20)16-12(10-13(18)19)11-6-7-11/h11-12H,3-10H2,1-2H3,(H,18,19)(H2,15,16,20). The Labute approximate surface area is 120 Å². The molecule has 0 bridgehead atoms. The molecule has 6 heteroatoms. The number of carboxylic acids is 1. The Morgan fingerprint density at radius 1 is 1.30 bits per heavy atom. The van der Waals surface area contributed by atoms with E-state index in [1.807, 2.05) is 0 Å². The van der Waals surface area contributed by atoms with E-state index in [-0.39, 0.29) is 18.5 Å². The minimum Gasteiger partial charge on any atom is -0.481 e. The fourth-order valence-corrected chi connectivity index (χ4v) is 2.29. The van der Waals surface area contributed by atoms with Crippen molar-refractivity contribution in [3.05, 3.63) is 0 Å². The summed E-state index contributed by atoms with van der Waals surface area (Å²) in [6, 6.07) is -0.474. The maximum Gasteiger partial charge on any atom is 0.315 e. The Bertz CT molecular complexity index is 315. The van der Waals surface area contributed by atoms with Crippen LogP contribution in [0.5, 0.6) is 0 Å². The van der Waals surface area contributed by atoms with Crippen LogP contribution < -0.4 is 10.6 Å². The highest BCUT2D eigenvalue weighted by Gasteiger charge is 2.33. The molecule has 1 fully saturated rings. The van der Waals surface area contributed by atoms with Crippen LogP contribution in [0.25, 0.3) is 0 Å². The second kappa shape index (κ2) is 8.79. The average Bonchev–Trinajstić information content (AvgIpc) is 3.22. The number of aliphatic carboxylic acids is 1. The SMILES string of the molecule is CCN(CC)CCCNC(=O)NC(CC(=O)O)C1CC1. The van der Waals surface area contributed by atoms with E-state index in [1.54, 1.807) is 0 Å². The van der Waals surface area contributed by atoms with Crippen molar-refractivity contribution >= 4 is 12.0 Å². The van der Waals surface area contributed by atoms with Crippen LogP contribution in [0, 0.1) is 5.92 Å². The number of urea groups is 1. The van der Waals surface area contributed by atoms with Gasteiger partial charge in [0.05, 0.1) is 6.42 Å². The van der Waals surface area contributed by atoms with Crippen molar-refractivity contribution in [2.75, 3.05) is 26.2 Å². The van der Waals surface area contributed by atoms with Gasteiger partial charge in [-0.2, -0.15) is 0 Å². The van der Waals surface area contributed by atoms with Crippen LogP contribution in [-0.4, -0.2) is 54.2 Å². The number of carbonyl (C=O) groups is 2. The first-order valence-corrected chi connectivity index (χ1v) is 7.55. The van der Waals surface area contributed by atoms with E-state index >= 15 is 0 Å². The van der Waals surface area contributed by atoms with Crippen LogP contribution in [0.15, 0.2) is 0 Å². The van der Waals surface area contributed by atoms with Crippen LogP contribution in [0.2, 0.25) is 0 Å². The average molecular weight is 285 g/mol. The summed E-state index contributed by atoms with van der Waals surface area (Å²) in [7, 11) is 0. The lowest BCUT2D eigenvalue weighted by Crippen LogP contribution is -2.44. The zero-order valence-corrected chi connectivity index (χ0v) is 12.5. The number of hydrogen-bond donors (Lipinski definition) is 3. The van der Waals surface area contributed by atoms with Crippen LogP contribution in [0.3, 0.4) is 0 Å². The van der Waals surface area contributed by atoms with E-state index < -0.39 is 5.97 Å². The first-order valence-electron chi connectivity index (χ1n) is 7.55. The molecule has 20 heavy (non-hydrogen) atoms. The molecule has 3 N–H and O–H groups in total. The minimum absolute atomic E-state index is 0.0114. The molecular formula is C14H27N3O3. The van der Waals surface area contributed by atoms with Gasteiger partial charge in [0.25, 0.3) is 0 Å². The van der Waals surface area contributed by atoms with Crippen LogP contribution in [0.1, 0.15) is 39.5 Å². The minimum atomic E-state index is -0.858. The van der Waals surface area contributed by atoms with Crippen molar-refractivity contribution in [3.63, 3.8) is 0 Å². The number of hydrogen-bond acceptors (Lipinski definition) is 3. The van der Waals surface area contributed by atoms with Gasteiger partial charge < -0.3 is 20.6 Å². The molecular weight excluding hydrogens is 258 g/mol. The summed E-state index contributed by atoms with van der Waals surface area (Å²) in [5.74, 6) is -0.517. The number of nitrogens with zero attached hydrogens (tertiary/aromatic N) is 1. The monoisotopic (exact) mass is 285 g/mol. The summed E-state index contributed by atoms with van der Waals surface area (Å²) in [4.78, 5) is 24.8. The molecule has 0 aromatic rings. The van der Waals surface area contributed by atoms with E-state index in [9.17, 15) is 9.59 Å². The molecule has 0 radical (unpaired) electrons. The molecule has 0 saturated heterocycles. The van der Waals surface area contributed by atoms with Crippen molar-refractivity contribution < 1.29 is 14.7 Å². The van der Waals surface area contributed by atoms with Gasteiger partial charge in [0.1, 0.15) is 0 Å². The summed E-state index contributed by atoms with van der Waals surface area (Å²) in [5.41, 5.74) is 0. The van der Waals surface area contributed by atoms with E-state index in [0.29, 0.717) is 12.5 Å². The van der Waals surface area contributed by atoms with Gasteiger partial charge in [-0.1, -0.05) is 13.8 Å². The van der Waals surface area contributed by atoms with Gasteiger partial charge in [0, 0.05) is 12.6 Å². The fourth-order valence-electron chi connectivity index (χ4n) is 2.29. The highest BCUT2D eigenvalue weighted by atomic mass is 16.4. The van der Waals surface area contributed by atoms with Crippen molar-refractivity contribution in [1.82, 2.24) is 15.5 Å². The lowest BCUT2D eigenvalue weighted by molar-refractivity contribution is -0.137. The second-order valence-electron chi connectivity index (χ2n) is 5.32. The van der Waals surface area contributed by atoms with E-state index in [0.717, 1.165) is 38.9 Å². The van der Waals surface area contributed by atoms with Gasteiger partial charge in [0.2, 0.25) is 0 Å². The summed E-state index contributed by atoms with van der Waals surface area (Å²) >= 11 is 0. The van der Waals surface area contributed by atoms with Crippen molar-refractivity contribution in [1.29, 1.82) is 0 Å². The smallest absolute Gasteiger partial charge is 0.315 e. The van der Waals surface area contributed by atoms with Gasteiger partial charge in [-0.25, -0.2) is 4.79 Å². The zero-order valence-electron chi connectivity index (χ0n) is 12.5. The highest BCUT2D eigenvalue weighted by molar-refractivity contribution is 5.75. The summed E-state index contributed by atoms with van der Waals surface area (Å²) < 4.78 is 0. The Hall–Kier alpha value is -1.30. The third kappa shape index (κ3) is 6.75. The second-order valence-corrected chi connectivity index (χ2v) is 5.32. The quantitative estimate of drug-likeness (QED) is 0.528. The third-order valence-electron chi connectivity index (χ3n) is 3.73. The van der Waals surface area contributed by atoms with E-state index in [2.05, 4.69) is 29.4 Å². The Kier molecular flexibility index (Phi) is 7.36. The molecule has 1 saturated carbocycles. The van der Waals surface area contributed by atoms with Crippen LogP contribution in [-0.2, 0) is 4.79 Å². The first kappa shape index (κ1) is 16.8. The van der Waals surface area contributed by atoms with Crippen molar-refractivity contribution in [2.45, 2.75) is 45.6 Å². The largest absolute Gasteiger partial charge is 0.481 e. The summed E-state index contributed by atoms with van der Waals surface area (Å²) in [5, 5.41) is 14.4. The van der Waals surface area contributed by atoms with E-state index in [1.165, 1.54) is 0 Å². The highest BCUT2D eigenvalue weighted by Crippen LogP contribution is 2.33. The number of carboxylic acid groups (broad SMARTS) is 1. The lowest BCUT2D eigenvalue weighted by Gasteiger charge is -2.19. The van der Waals surface area contributed by atoms with Gasteiger partial charge >= 0.3 is 12.0 Å². The van der Waals surface area contributed by atoms with E-state index in [4.69, 9.17) is 5.11 Å². The number of carbonyl (C=O) groups excluding carboxylic acids is 1. The lowest BCUT2D eigenvalue weighted by atomic mass is 10.1. The molecule has 2 amide bonds.